The largest absolute Gasteiger partial charge is 0.335 e. The molecule has 3 heteroatoms. The first-order valence-corrected chi connectivity index (χ1v) is 6.52. The van der Waals surface area contributed by atoms with Gasteiger partial charge >= 0.3 is 0 Å². The van der Waals surface area contributed by atoms with Gasteiger partial charge in [-0.1, -0.05) is 12.1 Å². The molecule has 2 rings (SSSR count). The third-order valence-electron chi connectivity index (χ3n) is 2.21. The molecule has 0 unspecified atom stereocenters. The fraction of sp³-hybridized carbons (Fsp3) is 0.625. The smallest absolute Gasteiger partial charge is 0.0960 e. The standard InChI is InChI=1S/C8H14N2Si/c1-7(2)10-5-8(9-6-10)11-3-4-11/h5-7,11H,3-4H2,1-2H3. The molecule has 0 amide bonds. The highest BCUT2D eigenvalue weighted by Crippen LogP contribution is 2.20. The van der Waals surface area contributed by atoms with Crippen LogP contribution in [0.3, 0.4) is 0 Å². The van der Waals surface area contributed by atoms with Gasteiger partial charge in [0.25, 0.3) is 0 Å². The van der Waals surface area contributed by atoms with Gasteiger partial charge in [-0.25, -0.2) is 4.98 Å². The van der Waals surface area contributed by atoms with Gasteiger partial charge in [-0.05, 0) is 13.8 Å². The predicted molar refractivity (Wildman–Crippen MR) is 49.0 cm³/mol. The van der Waals surface area contributed by atoms with Crippen molar-refractivity contribution < 1.29 is 0 Å². The summed E-state index contributed by atoms with van der Waals surface area (Å²) in [5.74, 6) is 0. The Balaban J connectivity index is 2.18. The van der Waals surface area contributed by atoms with Crippen LogP contribution in [0.15, 0.2) is 12.5 Å². The van der Waals surface area contributed by atoms with Gasteiger partial charge in [-0.2, -0.15) is 0 Å². The normalized spacial score (nSPS) is 17.7. The highest BCUT2D eigenvalue weighted by Gasteiger charge is 2.27. The van der Waals surface area contributed by atoms with Crippen LogP contribution in [0.5, 0.6) is 0 Å². The number of rotatable bonds is 2. The maximum atomic E-state index is 4.42. The van der Waals surface area contributed by atoms with Crippen LogP contribution >= 0.6 is 0 Å². The first-order chi connectivity index (χ1) is 5.27. The van der Waals surface area contributed by atoms with Gasteiger partial charge in [-0.15, -0.1) is 0 Å². The van der Waals surface area contributed by atoms with Gasteiger partial charge in [0.2, 0.25) is 0 Å². The van der Waals surface area contributed by atoms with E-state index in [0.717, 1.165) is 0 Å². The monoisotopic (exact) mass is 166 g/mol. The minimum absolute atomic E-state index is 0.431. The van der Waals surface area contributed by atoms with E-state index in [1.165, 1.54) is 17.4 Å². The molecule has 1 aliphatic rings. The van der Waals surface area contributed by atoms with Crippen LogP contribution in [0.25, 0.3) is 0 Å². The zero-order valence-electron chi connectivity index (χ0n) is 7.12. The topological polar surface area (TPSA) is 17.8 Å². The molecule has 1 fully saturated rings. The molecule has 0 spiro atoms. The Labute approximate surface area is 68.9 Å². The summed E-state index contributed by atoms with van der Waals surface area (Å²) >= 11 is 0. The van der Waals surface area contributed by atoms with Crippen molar-refractivity contribution in [3.8, 4) is 0 Å². The highest BCUT2D eigenvalue weighted by molar-refractivity contribution is 6.81. The summed E-state index contributed by atoms with van der Waals surface area (Å²) in [4.78, 5) is 4.42. The van der Waals surface area contributed by atoms with Crippen molar-refractivity contribution in [3.63, 3.8) is 0 Å². The van der Waals surface area contributed by atoms with Crippen molar-refractivity contribution in [1.82, 2.24) is 9.55 Å². The second kappa shape index (κ2) is 2.48. The summed E-state index contributed by atoms with van der Waals surface area (Å²) in [5.41, 5.74) is 0. The van der Waals surface area contributed by atoms with E-state index >= 15 is 0 Å². The maximum Gasteiger partial charge on any atom is 0.0960 e. The summed E-state index contributed by atoms with van der Waals surface area (Å²) in [7, 11) is -0.431. The lowest BCUT2D eigenvalue weighted by molar-refractivity contribution is 0.600. The van der Waals surface area contributed by atoms with E-state index in [9.17, 15) is 0 Å². The Kier molecular flexibility index (Phi) is 1.60. The first kappa shape index (κ1) is 7.10. The molecule has 60 valence electrons. The van der Waals surface area contributed by atoms with E-state index in [2.05, 4.69) is 29.6 Å². The Hall–Kier alpha value is -0.573. The number of imidazole rings is 1. The van der Waals surface area contributed by atoms with Crippen molar-refractivity contribution in [1.29, 1.82) is 0 Å². The van der Waals surface area contributed by atoms with E-state index in [-0.39, 0.29) is 0 Å². The highest BCUT2D eigenvalue weighted by atomic mass is 28.3. The lowest BCUT2D eigenvalue weighted by Gasteiger charge is -2.03. The van der Waals surface area contributed by atoms with E-state index in [1.54, 1.807) is 0 Å². The van der Waals surface area contributed by atoms with Gasteiger partial charge in [0.05, 0.1) is 15.1 Å². The Morgan fingerprint density at radius 2 is 2.27 bits per heavy atom. The van der Waals surface area contributed by atoms with E-state index in [0.29, 0.717) is 6.04 Å². The van der Waals surface area contributed by atoms with Gasteiger partial charge in [0, 0.05) is 17.6 Å². The maximum absolute atomic E-state index is 4.42. The predicted octanol–water partition coefficient (Wildman–Crippen LogP) is 0.912. The number of aromatic nitrogens is 2. The lowest BCUT2D eigenvalue weighted by atomic mass is 10.4. The number of nitrogens with zero attached hydrogens (tertiary/aromatic N) is 2. The van der Waals surface area contributed by atoms with E-state index < -0.39 is 8.80 Å². The molecule has 1 saturated heterocycles. The average molecular weight is 166 g/mol. The molecule has 0 aromatic carbocycles. The van der Waals surface area contributed by atoms with Gasteiger partial charge < -0.3 is 4.57 Å². The first-order valence-electron chi connectivity index (χ1n) is 4.30. The van der Waals surface area contributed by atoms with Crippen LogP contribution in [0.2, 0.25) is 12.1 Å². The van der Waals surface area contributed by atoms with Crippen molar-refractivity contribution in [3.05, 3.63) is 12.5 Å². The van der Waals surface area contributed by atoms with Crippen LogP contribution in [0.4, 0.5) is 0 Å². The van der Waals surface area contributed by atoms with E-state index in [4.69, 9.17) is 0 Å². The van der Waals surface area contributed by atoms with Crippen LogP contribution < -0.4 is 5.32 Å². The van der Waals surface area contributed by atoms with Crippen molar-refractivity contribution in [2.45, 2.75) is 32.0 Å². The molecule has 0 aliphatic carbocycles. The average Bonchev–Trinajstić information content (AvgIpc) is 2.68. The molecule has 2 heterocycles. The van der Waals surface area contributed by atoms with Crippen LogP contribution in [0, 0.1) is 0 Å². The molecule has 0 atom stereocenters. The second-order valence-electron chi connectivity index (χ2n) is 3.61. The zero-order valence-corrected chi connectivity index (χ0v) is 8.27. The molecule has 11 heavy (non-hydrogen) atoms. The Bertz CT molecular complexity index is 234. The van der Waals surface area contributed by atoms with Gasteiger partial charge in [0.15, 0.2) is 0 Å². The van der Waals surface area contributed by atoms with Crippen LogP contribution in [-0.2, 0) is 0 Å². The summed E-state index contributed by atoms with van der Waals surface area (Å²) in [6.45, 7) is 4.39. The van der Waals surface area contributed by atoms with E-state index in [1.807, 2.05) is 6.33 Å². The number of hydrogen-bond acceptors (Lipinski definition) is 1. The molecule has 0 saturated carbocycles. The minimum Gasteiger partial charge on any atom is -0.335 e. The molecule has 1 aromatic rings. The van der Waals surface area contributed by atoms with Crippen LogP contribution in [0.1, 0.15) is 19.9 Å². The quantitative estimate of drug-likeness (QED) is 0.597. The molecule has 1 aliphatic heterocycles. The SMILES string of the molecule is CC(C)n1cnc([SiH]2CC2)c1. The van der Waals surface area contributed by atoms with Crippen LogP contribution in [-0.4, -0.2) is 18.3 Å². The molecule has 2 nitrogen and oxygen atoms in total. The molecule has 1 aromatic heterocycles. The Morgan fingerprint density at radius 1 is 1.55 bits per heavy atom. The number of hydrogen-bond donors (Lipinski definition) is 0. The molecule has 0 N–H and O–H groups in total. The molecule has 0 bridgehead atoms. The van der Waals surface area contributed by atoms with Gasteiger partial charge in [-0.3, -0.25) is 0 Å². The van der Waals surface area contributed by atoms with Crippen molar-refractivity contribution >= 4 is 14.1 Å². The second-order valence-corrected chi connectivity index (χ2v) is 6.75. The molecular formula is C8H14N2Si. The minimum atomic E-state index is -0.431. The fourth-order valence-electron chi connectivity index (χ4n) is 1.23. The third kappa shape index (κ3) is 1.38. The molecule has 0 radical (unpaired) electrons. The summed E-state index contributed by atoms with van der Waals surface area (Å²) < 4.78 is 2.21. The molecular weight excluding hydrogens is 152 g/mol. The summed E-state index contributed by atoms with van der Waals surface area (Å²) in [6, 6.07) is 3.54. The van der Waals surface area contributed by atoms with Crippen molar-refractivity contribution in [2.75, 3.05) is 0 Å². The third-order valence-corrected chi connectivity index (χ3v) is 4.50. The fourth-order valence-corrected chi connectivity index (χ4v) is 3.14. The summed E-state index contributed by atoms with van der Waals surface area (Å²) in [6.07, 6.45) is 4.22. The summed E-state index contributed by atoms with van der Waals surface area (Å²) in [5, 5.41) is 1.43. The Morgan fingerprint density at radius 3 is 2.73 bits per heavy atom. The van der Waals surface area contributed by atoms with Crippen molar-refractivity contribution in [2.24, 2.45) is 0 Å². The lowest BCUT2D eigenvalue weighted by Crippen LogP contribution is -2.15. The zero-order chi connectivity index (χ0) is 7.84. The van der Waals surface area contributed by atoms with Gasteiger partial charge in [0.1, 0.15) is 0 Å².